The molecule has 0 unspecified atom stereocenters. The van der Waals surface area contributed by atoms with E-state index in [1.807, 2.05) is 26.0 Å². The van der Waals surface area contributed by atoms with Crippen LogP contribution in [0.15, 0.2) is 29.2 Å². The van der Waals surface area contributed by atoms with E-state index in [2.05, 4.69) is 11.6 Å². The van der Waals surface area contributed by atoms with Gasteiger partial charge < -0.3 is 0 Å². The van der Waals surface area contributed by atoms with Crippen LogP contribution in [0.5, 0.6) is 0 Å². The number of aryl methyl sites for hydroxylation is 1. The highest BCUT2D eigenvalue weighted by molar-refractivity contribution is 7.89. The summed E-state index contributed by atoms with van der Waals surface area (Å²) in [6.07, 6.45) is 5.95. The maximum Gasteiger partial charge on any atom is 0.240 e. The second-order valence-corrected chi connectivity index (χ2v) is 7.47. The molecule has 0 amide bonds. The van der Waals surface area contributed by atoms with Crippen molar-refractivity contribution < 1.29 is 8.42 Å². The minimum Gasteiger partial charge on any atom is -0.211 e. The molecule has 0 radical (unpaired) electrons. The summed E-state index contributed by atoms with van der Waals surface area (Å²) in [5.41, 5.74) is 1.21. The van der Waals surface area contributed by atoms with Crippen molar-refractivity contribution in [2.24, 2.45) is 5.92 Å². The van der Waals surface area contributed by atoms with Crippen molar-refractivity contribution in [3.05, 3.63) is 29.8 Å². The van der Waals surface area contributed by atoms with Crippen LogP contribution in [0.25, 0.3) is 0 Å². The number of benzene rings is 1. The normalized spacial score (nSPS) is 12.0. The van der Waals surface area contributed by atoms with Crippen molar-refractivity contribution in [1.29, 1.82) is 0 Å². The fourth-order valence-corrected chi connectivity index (χ4v) is 3.16. The number of hydrogen-bond donors (Lipinski definition) is 1. The van der Waals surface area contributed by atoms with Crippen molar-refractivity contribution in [3.8, 4) is 0 Å². The first-order chi connectivity index (χ1) is 9.45. The summed E-state index contributed by atoms with van der Waals surface area (Å²) in [6.45, 7) is 6.65. The van der Waals surface area contributed by atoms with Crippen LogP contribution < -0.4 is 4.72 Å². The molecule has 0 spiro atoms. The molecule has 1 aromatic rings. The molecule has 0 heterocycles. The van der Waals surface area contributed by atoms with Gasteiger partial charge >= 0.3 is 0 Å². The SMILES string of the molecule is CCCCCCc1ccc(S(=O)(=O)NCC(C)C)cc1. The van der Waals surface area contributed by atoms with Crippen LogP contribution in [0.2, 0.25) is 0 Å². The van der Waals surface area contributed by atoms with Gasteiger partial charge in [-0.1, -0.05) is 52.2 Å². The van der Waals surface area contributed by atoms with Gasteiger partial charge in [-0.3, -0.25) is 0 Å². The molecule has 0 aromatic heterocycles. The summed E-state index contributed by atoms with van der Waals surface area (Å²) in [5.74, 6) is 0.308. The van der Waals surface area contributed by atoms with E-state index in [-0.39, 0.29) is 0 Å². The standard InChI is InChI=1S/C16H27NO2S/c1-4-5-6-7-8-15-9-11-16(12-10-15)20(18,19)17-13-14(2)3/h9-12,14,17H,4-8,13H2,1-3H3. The molecule has 20 heavy (non-hydrogen) atoms. The highest BCUT2D eigenvalue weighted by Crippen LogP contribution is 2.13. The molecule has 1 N–H and O–H groups in total. The second-order valence-electron chi connectivity index (χ2n) is 5.70. The predicted molar refractivity (Wildman–Crippen MR) is 84.3 cm³/mol. The Morgan fingerprint density at radius 2 is 1.70 bits per heavy atom. The van der Waals surface area contributed by atoms with Crippen molar-refractivity contribution >= 4 is 10.0 Å². The third-order valence-corrected chi connectivity index (χ3v) is 4.67. The lowest BCUT2D eigenvalue weighted by atomic mass is 10.1. The van der Waals surface area contributed by atoms with Gasteiger partial charge in [-0.15, -0.1) is 0 Å². The fraction of sp³-hybridized carbons (Fsp3) is 0.625. The molecule has 4 heteroatoms. The lowest BCUT2D eigenvalue weighted by Crippen LogP contribution is -2.27. The first-order valence-corrected chi connectivity index (χ1v) is 9.02. The summed E-state index contributed by atoms with van der Waals surface area (Å²) in [4.78, 5) is 0.357. The third-order valence-electron chi connectivity index (χ3n) is 3.23. The van der Waals surface area contributed by atoms with Gasteiger partial charge in [0.25, 0.3) is 0 Å². The van der Waals surface area contributed by atoms with Crippen molar-refractivity contribution in [2.75, 3.05) is 6.54 Å². The zero-order valence-corrected chi connectivity index (χ0v) is 13.7. The van der Waals surface area contributed by atoms with E-state index in [1.54, 1.807) is 12.1 Å². The number of sulfonamides is 1. The van der Waals surface area contributed by atoms with Crippen molar-refractivity contribution in [1.82, 2.24) is 4.72 Å². The van der Waals surface area contributed by atoms with E-state index in [1.165, 1.54) is 31.2 Å². The second kappa shape index (κ2) is 8.42. The molecule has 0 aliphatic rings. The molecule has 1 rings (SSSR count). The average Bonchev–Trinajstić information content (AvgIpc) is 2.42. The van der Waals surface area contributed by atoms with Crippen molar-refractivity contribution in [3.63, 3.8) is 0 Å². The van der Waals surface area contributed by atoms with Crippen LogP contribution >= 0.6 is 0 Å². The monoisotopic (exact) mass is 297 g/mol. The van der Waals surface area contributed by atoms with E-state index in [4.69, 9.17) is 0 Å². The summed E-state index contributed by atoms with van der Waals surface area (Å²) < 4.78 is 26.7. The number of unbranched alkanes of at least 4 members (excludes halogenated alkanes) is 3. The number of nitrogens with one attached hydrogen (secondary N) is 1. The molecular weight excluding hydrogens is 270 g/mol. The van der Waals surface area contributed by atoms with Crippen LogP contribution in [-0.4, -0.2) is 15.0 Å². The van der Waals surface area contributed by atoms with Crippen LogP contribution in [0.1, 0.15) is 52.0 Å². The molecule has 114 valence electrons. The summed E-state index contributed by atoms with van der Waals surface area (Å²) >= 11 is 0. The lowest BCUT2D eigenvalue weighted by molar-refractivity contribution is 0.560. The molecule has 0 bridgehead atoms. The number of rotatable bonds is 9. The Balaban J connectivity index is 2.57. The van der Waals surface area contributed by atoms with Crippen molar-refractivity contribution in [2.45, 2.75) is 57.8 Å². The van der Waals surface area contributed by atoms with E-state index < -0.39 is 10.0 Å². The minimum absolute atomic E-state index is 0.308. The zero-order chi connectivity index (χ0) is 15.0. The Bertz CT molecular complexity index is 478. The van der Waals surface area contributed by atoms with E-state index in [9.17, 15) is 8.42 Å². The maximum atomic E-state index is 12.0. The molecule has 0 saturated heterocycles. The Morgan fingerprint density at radius 1 is 1.05 bits per heavy atom. The fourth-order valence-electron chi connectivity index (χ4n) is 1.95. The lowest BCUT2D eigenvalue weighted by Gasteiger charge is -2.09. The third kappa shape index (κ3) is 6.06. The summed E-state index contributed by atoms with van der Waals surface area (Å²) in [7, 11) is -3.35. The molecule has 0 saturated carbocycles. The van der Waals surface area contributed by atoms with Gasteiger partial charge in [0.05, 0.1) is 4.90 Å². The van der Waals surface area contributed by atoms with Gasteiger partial charge in [-0.2, -0.15) is 0 Å². The van der Waals surface area contributed by atoms with Crippen LogP contribution in [0.3, 0.4) is 0 Å². The Labute approximate surface area is 123 Å². The largest absolute Gasteiger partial charge is 0.240 e. The van der Waals surface area contributed by atoms with Gasteiger partial charge in [0.2, 0.25) is 10.0 Å². The Kier molecular flexibility index (Phi) is 7.24. The minimum atomic E-state index is -3.35. The molecular formula is C16H27NO2S. The van der Waals surface area contributed by atoms with E-state index >= 15 is 0 Å². The zero-order valence-electron chi connectivity index (χ0n) is 12.9. The quantitative estimate of drug-likeness (QED) is 0.706. The molecule has 3 nitrogen and oxygen atoms in total. The highest BCUT2D eigenvalue weighted by Gasteiger charge is 2.13. The highest BCUT2D eigenvalue weighted by atomic mass is 32.2. The molecule has 0 aliphatic heterocycles. The molecule has 0 atom stereocenters. The smallest absolute Gasteiger partial charge is 0.211 e. The summed E-state index contributed by atoms with van der Waals surface area (Å²) in [5, 5.41) is 0. The maximum absolute atomic E-state index is 12.0. The first kappa shape index (κ1) is 17.2. The number of hydrogen-bond acceptors (Lipinski definition) is 2. The van der Waals surface area contributed by atoms with Crippen LogP contribution in [0.4, 0.5) is 0 Å². The molecule has 0 fully saturated rings. The Hall–Kier alpha value is -0.870. The summed E-state index contributed by atoms with van der Waals surface area (Å²) in [6, 6.07) is 7.27. The van der Waals surface area contributed by atoms with Gasteiger partial charge in [-0.25, -0.2) is 13.1 Å². The van der Waals surface area contributed by atoms with Gasteiger partial charge in [0, 0.05) is 6.54 Å². The predicted octanol–water partition coefficient (Wildman–Crippen LogP) is 3.74. The Morgan fingerprint density at radius 3 is 2.25 bits per heavy atom. The van der Waals surface area contributed by atoms with Gasteiger partial charge in [0.15, 0.2) is 0 Å². The van der Waals surface area contributed by atoms with Gasteiger partial charge in [0.1, 0.15) is 0 Å². The topological polar surface area (TPSA) is 46.2 Å². The van der Waals surface area contributed by atoms with Crippen LogP contribution in [0, 0.1) is 5.92 Å². The molecule has 1 aromatic carbocycles. The molecule has 0 aliphatic carbocycles. The first-order valence-electron chi connectivity index (χ1n) is 7.54. The average molecular weight is 297 g/mol. The van der Waals surface area contributed by atoms with Gasteiger partial charge in [-0.05, 0) is 36.5 Å². The van der Waals surface area contributed by atoms with E-state index in [0.717, 1.165) is 6.42 Å². The van der Waals surface area contributed by atoms with E-state index in [0.29, 0.717) is 17.4 Å². The van der Waals surface area contributed by atoms with Crippen LogP contribution in [-0.2, 0) is 16.4 Å².